The second-order valence-corrected chi connectivity index (χ2v) is 9.86. The first-order valence-electron chi connectivity index (χ1n) is 12.8. The Labute approximate surface area is 203 Å². The van der Waals surface area contributed by atoms with Crippen LogP contribution in [0.5, 0.6) is 0 Å². The van der Waals surface area contributed by atoms with E-state index in [0.717, 1.165) is 43.2 Å². The van der Waals surface area contributed by atoms with Gasteiger partial charge in [-0.25, -0.2) is 0 Å². The molecule has 2 aliphatic rings. The van der Waals surface area contributed by atoms with Crippen molar-refractivity contribution in [2.24, 2.45) is 5.92 Å². The third-order valence-corrected chi connectivity index (χ3v) is 7.98. The largest absolute Gasteiger partial charge is 0.381 e. The van der Waals surface area contributed by atoms with Crippen molar-refractivity contribution in [1.82, 2.24) is 5.32 Å². The molecule has 1 saturated carbocycles. The van der Waals surface area contributed by atoms with E-state index in [1.165, 1.54) is 29.5 Å². The number of ether oxygens (including phenoxy) is 1. The van der Waals surface area contributed by atoms with E-state index in [-0.39, 0.29) is 12.0 Å². The molecule has 3 aromatic carbocycles. The van der Waals surface area contributed by atoms with Crippen LogP contribution >= 0.6 is 0 Å². The summed E-state index contributed by atoms with van der Waals surface area (Å²) in [6.45, 7) is 0.683. The summed E-state index contributed by atoms with van der Waals surface area (Å²) in [6, 6.07) is 27.6. The standard InChI is InChI=1S/C31H35NO2/c1-34-29-20-10-5-15-24(29)22-32-30(33)31(21-11-14-23-12-3-2-4-13-23)27-18-8-6-16-25(27)26-17-7-9-19-28(26)31/h2-4,6-9,12-13,16-19,24,29H,5,10-11,14-15,20-22H2,1H3,(H,32,33). The summed E-state index contributed by atoms with van der Waals surface area (Å²) in [6.07, 6.45) is 7.59. The molecule has 2 atom stereocenters. The van der Waals surface area contributed by atoms with Gasteiger partial charge in [-0.15, -0.1) is 0 Å². The summed E-state index contributed by atoms with van der Waals surface area (Å²) in [5.74, 6) is 0.523. The van der Waals surface area contributed by atoms with Crippen molar-refractivity contribution in [2.75, 3.05) is 13.7 Å². The Balaban J connectivity index is 1.46. The number of hydrogen-bond donors (Lipinski definition) is 1. The van der Waals surface area contributed by atoms with Crippen molar-refractivity contribution in [3.8, 4) is 11.1 Å². The lowest BCUT2D eigenvalue weighted by Gasteiger charge is -2.34. The van der Waals surface area contributed by atoms with Crippen LogP contribution in [0.15, 0.2) is 78.9 Å². The Kier molecular flexibility index (Phi) is 6.82. The minimum atomic E-state index is -0.654. The van der Waals surface area contributed by atoms with Gasteiger partial charge in [0.1, 0.15) is 5.41 Å². The fraction of sp³-hybridized carbons (Fsp3) is 0.387. The smallest absolute Gasteiger partial charge is 0.235 e. The molecule has 3 aromatic rings. The predicted molar refractivity (Wildman–Crippen MR) is 138 cm³/mol. The van der Waals surface area contributed by atoms with Gasteiger partial charge in [0, 0.05) is 19.6 Å². The van der Waals surface area contributed by atoms with E-state index in [0.29, 0.717) is 12.5 Å². The molecule has 3 nitrogen and oxygen atoms in total. The Morgan fingerprint density at radius 2 is 1.50 bits per heavy atom. The number of hydrogen-bond acceptors (Lipinski definition) is 2. The normalized spacial score (nSPS) is 20.4. The number of fused-ring (bicyclic) bond motifs is 3. The number of carbonyl (C=O) groups is 1. The van der Waals surface area contributed by atoms with Crippen LogP contribution in [0.4, 0.5) is 0 Å². The second kappa shape index (κ2) is 10.1. The first-order valence-corrected chi connectivity index (χ1v) is 12.8. The van der Waals surface area contributed by atoms with Crippen molar-refractivity contribution in [1.29, 1.82) is 0 Å². The van der Waals surface area contributed by atoms with E-state index in [9.17, 15) is 4.79 Å². The van der Waals surface area contributed by atoms with Gasteiger partial charge in [-0.05, 0) is 59.9 Å². The molecule has 0 saturated heterocycles. The Hall–Kier alpha value is -2.91. The highest BCUT2D eigenvalue weighted by molar-refractivity contribution is 6.00. The molecule has 1 fully saturated rings. The van der Waals surface area contributed by atoms with Crippen LogP contribution in [0.25, 0.3) is 11.1 Å². The summed E-state index contributed by atoms with van der Waals surface area (Å²) in [4.78, 5) is 14.2. The van der Waals surface area contributed by atoms with Gasteiger partial charge in [-0.2, -0.15) is 0 Å². The third-order valence-electron chi connectivity index (χ3n) is 7.98. The fourth-order valence-electron chi connectivity index (χ4n) is 6.25. The Morgan fingerprint density at radius 3 is 2.18 bits per heavy atom. The topological polar surface area (TPSA) is 38.3 Å². The lowest BCUT2D eigenvalue weighted by Crippen LogP contribution is -2.47. The maximum absolute atomic E-state index is 14.2. The molecule has 0 heterocycles. The van der Waals surface area contributed by atoms with E-state index >= 15 is 0 Å². The lowest BCUT2D eigenvalue weighted by molar-refractivity contribution is -0.126. The van der Waals surface area contributed by atoms with Crippen LogP contribution in [0.2, 0.25) is 0 Å². The second-order valence-electron chi connectivity index (χ2n) is 9.86. The average Bonchev–Trinajstić information content (AvgIpc) is 3.19. The average molecular weight is 454 g/mol. The van der Waals surface area contributed by atoms with Gasteiger partial charge in [0.25, 0.3) is 0 Å². The van der Waals surface area contributed by atoms with Crippen LogP contribution in [0.3, 0.4) is 0 Å². The van der Waals surface area contributed by atoms with Crippen molar-refractivity contribution < 1.29 is 9.53 Å². The zero-order valence-electron chi connectivity index (χ0n) is 20.1. The summed E-state index contributed by atoms with van der Waals surface area (Å²) >= 11 is 0. The van der Waals surface area contributed by atoms with E-state index in [2.05, 4.69) is 84.2 Å². The SMILES string of the molecule is COC1CCCCC1CNC(=O)C1(CCCc2ccccc2)c2ccccc2-c2ccccc21. The van der Waals surface area contributed by atoms with Gasteiger partial charge in [-0.1, -0.05) is 91.7 Å². The molecule has 5 rings (SSSR count). The van der Waals surface area contributed by atoms with Crippen molar-refractivity contribution in [2.45, 2.75) is 56.5 Å². The third kappa shape index (κ3) is 4.18. The summed E-state index contributed by atoms with van der Waals surface area (Å²) < 4.78 is 5.76. The molecule has 3 heteroatoms. The monoisotopic (exact) mass is 453 g/mol. The predicted octanol–water partition coefficient (Wildman–Crippen LogP) is 6.30. The van der Waals surface area contributed by atoms with Gasteiger partial charge in [0.2, 0.25) is 5.91 Å². The highest BCUT2D eigenvalue weighted by Gasteiger charge is 2.48. The molecule has 0 aliphatic heterocycles. The summed E-state index contributed by atoms with van der Waals surface area (Å²) in [5.41, 5.74) is 5.35. The van der Waals surface area contributed by atoms with E-state index in [1.807, 2.05) is 0 Å². The van der Waals surface area contributed by atoms with Crippen LogP contribution in [-0.2, 0) is 21.4 Å². The van der Waals surface area contributed by atoms with Gasteiger partial charge in [-0.3, -0.25) is 4.79 Å². The van der Waals surface area contributed by atoms with E-state index < -0.39 is 5.41 Å². The molecule has 1 N–H and O–H groups in total. The summed E-state index contributed by atoms with van der Waals surface area (Å²) in [5, 5.41) is 3.41. The molecule has 0 spiro atoms. The molecule has 0 aromatic heterocycles. The molecule has 1 amide bonds. The molecule has 2 unspecified atom stereocenters. The van der Waals surface area contributed by atoms with Crippen molar-refractivity contribution in [3.05, 3.63) is 95.6 Å². The molecule has 34 heavy (non-hydrogen) atoms. The van der Waals surface area contributed by atoms with Gasteiger partial charge >= 0.3 is 0 Å². The maximum atomic E-state index is 14.2. The number of carbonyl (C=O) groups excluding carboxylic acids is 1. The zero-order chi connectivity index (χ0) is 23.4. The van der Waals surface area contributed by atoms with Crippen LogP contribution in [0, 0.1) is 5.92 Å². The Morgan fingerprint density at radius 1 is 0.882 bits per heavy atom. The number of methoxy groups -OCH3 is 1. The highest BCUT2D eigenvalue weighted by Crippen LogP contribution is 2.51. The number of rotatable bonds is 8. The van der Waals surface area contributed by atoms with Crippen LogP contribution in [0.1, 0.15) is 55.2 Å². The minimum Gasteiger partial charge on any atom is -0.381 e. The Bertz CT molecular complexity index is 1080. The van der Waals surface area contributed by atoms with Crippen LogP contribution in [-0.4, -0.2) is 25.7 Å². The van der Waals surface area contributed by atoms with Gasteiger partial charge < -0.3 is 10.1 Å². The first kappa shape index (κ1) is 22.9. The molecular weight excluding hydrogens is 418 g/mol. The molecule has 0 bridgehead atoms. The lowest BCUT2D eigenvalue weighted by atomic mass is 9.73. The van der Waals surface area contributed by atoms with E-state index in [4.69, 9.17) is 4.74 Å². The first-order chi connectivity index (χ1) is 16.7. The number of benzene rings is 3. The number of amides is 1. The molecule has 176 valence electrons. The summed E-state index contributed by atoms with van der Waals surface area (Å²) in [7, 11) is 1.80. The minimum absolute atomic E-state index is 0.137. The number of aryl methyl sites for hydroxylation is 1. The van der Waals surface area contributed by atoms with Gasteiger partial charge in [0.05, 0.1) is 6.10 Å². The van der Waals surface area contributed by atoms with Crippen molar-refractivity contribution in [3.63, 3.8) is 0 Å². The highest BCUT2D eigenvalue weighted by atomic mass is 16.5. The quantitative estimate of drug-likeness (QED) is 0.435. The molecule has 0 radical (unpaired) electrons. The zero-order valence-corrected chi connectivity index (χ0v) is 20.1. The van der Waals surface area contributed by atoms with Crippen LogP contribution < -0.4 is 5.32 Å². The van der Waals surface area contributed by atoms with E-state index in [1.54, 1.807) is 7.11 Å². The molecule has 2 aliphatic carbocycles. The maximum Gasteiger partial charge on any atom is 0.235 e. The number of nitrogens with one attached hydrogen (secondary N) is 1. The molecular formula is C31H35NO2. The fourth-order valence-corrected chi connectivity index (χ4v) is 6.25. The van der Waals surface area contributed by atoms with Gasteiger partial charge in [0.15, 0.2) is 0 Å². The van der Waals surface area contributed by atoms with Crippen molar-refractivity contribution >= 4 is 5.91 Å².